The topological polar surface area (TPSA) is 43.2 Å². The second-order valence-electron chi connectivity index (χ2n) is 4.91. The summed E-state index contributed by atoms with van der Waals surface area (Å²) in [6, 6.07) is 13.9. The summed E-state index contributed by atoms with van der Waals surface area (Å²) in [7, 11) is 0. The highest BCUT2D eigenvalue weighted by Crippen LogP contribution is 2.27. The number of hydrogen-bond acceptors (Lipinski definition) is 4. The van der Waals surface area contributed by atoms with E-state index in [1.807, 2.05) is 36.4 Å². The smallest absolute Gasteiger partial charge is 0.163 e. The lowest BCUT2D eigenvalue weighted by molar-refractivity contribution is 0.652. The number of anilines is 2. The lowest BCUT2D eigenvalue weighted by atomic mass is 10.2. The maximum atomic E-state index is 9.15. The Morgan fingerprint density at radius 1 is 0.952 bits per heavy atom. The minimum Gasteiger partial charge on any atom is -0.367 e. The van der Waals surface area contributed by atoms with Gasteiger partial charge in [0.2, 0.25) is 0 Å². The van der Waals surface area contributed by atoms with E-state index in [9.17, 15) is 0 Å². The number of rotatable bonds is 2. The van der Waals surface area contributed by atoms with E-state index < -0.39 is 0 Å². The first-order chi connectivity index (χ1) is 10.3. The van der Waals surface area contributed by atoms with Crippen molar-refractivity contribution in [1.82, 2.24) is 4.98 Å². The Kier molecular flexibility index (Phi) is 3.94. The van der Waals surface area contributed by atoms with E-state index in [1.165, 1.54) is 0 Å². The molecule has 3 rings (SSSR count). The van der Waals surface area contributed by atoms with Crippen LogP contribution in [-0.2, 0) is 0 Å². The van der Waals surface area contributed by atoms with Crippen LogP contribution in [0.5, 0.6) is 0 Å². The van der Waals surface area contributed by atoms with Crippen molar-refractivity contribution < 1.29 is 0 Å². The number of benzene rings is 1. The average molecular weight is 299 g/mol. The number of nitrogens with zero attached hydrogens (tertiary/aromatic N) is 4. The Bertz CT molecular complexity index is 672. The van der Waals surface area contributed by atoms with Crippen LogP contribution in [0.15, 0.2) is 42.6 Å². The van der Waals surface area contributed by atoms with Crippen molar-refractivity contribution >= 4 is 23.0 Å². The summed E-state index contributed by atoms with van der Waals surface area (Å²) in [5.41, 5.74) is 2.48. The molecule has 106 valence electrons. The molecule has 1 aliphatic rings. The molecule has 1 saturated heterocycles. The van der Waals surface area contributed by atoms with E-state index in [0.29, 0.717) is 5.69 Å². The van der Waals surface area contributed by atoms with Crippen LogP contribution in [-0.4, -0.2) is 31.2 Å². The van der Waals surface area contributed by atoms with Crippen molar-refractivity contribution in [2.45, 2.75) is 0 Å². The summed E-state index contributed by atoms with van der Waals surface area (Å²) in [5.74, 6) is 0. The fourth-order valence-corrected chi connectivity index (χ4v) is 2.89. The van der Waals surface area contributed by atoms with Crippen LogP contribution in [0.25, 0.3) is 0 Å². The highest BCUT2D eigenvalue weighted by atomic mass is 35.5. The lowest BCUT2D eigenvalue weighted by Gasteiger charge is -2.37. The summed E-state index contributed by atoms with van der Waals surface area (Å²) >= 11 is 6.25. The number of aromatic nitrogens is 1. The molecule has 2 heterocycles. The summed E-state index contributed by atoms with van der Waals surface area (Å²) in [6.45, 7) is 3.46. The van der Waals surface area contributed by atoms with Gasteiger partial charge in [0, 0.05) is 32.4 Å². The fourth-order valence-electron chi connectivity index (χ4n) is 2.63. The second kappa shape index (κ2) is 6.02. The van der Waals surface area contributed by atoms with Crippen molar-refractivity contribution in [2.24, 2.45) is 0 Å². The number of para-hydroxylation sites is 1. The van der Waals surface area contributed by atoms with E-state index in [0.717, 1.165) is 42.6 Å². The molecule has 1 aromatic heterocycles. The first kappa shape index (κ1) is 13.7. The standard InChI is InChI=1S/C16H15ClN4/c17-13-4-1-2-5-15(13)20-8-10-21(11-9-20)16-6-3-7-19-14(16)12-18/h1-7H,8-11H2. The third-order valence-corrected chi connectivity index (χ3v) is 4.03. The molecule has 0 radical (unpaired) electrons. The van der Waals surface area contributed by atoms with Gasteiger partial charge in [0.25, 0.3) is 0 Å². The SMILES string of the molecule is N#Cc1ncccc1N1CCN(c2ccccc2Cl)CC1. The Balaban J connectivity index is 1.74. The lowest BCUT2D eigenvalue weighted by Crippen LogP contribution is -2.46. The maximum Gasteiger partial charge on any atom is 0.163 e. The molecule has 1 fully saturated rings. The van der Waals surface area contributed by atoms with Crippen LogP contribution in [0.4, 0.5) is 11.4 Å². The van der Waals surface area contributed by atoms with Gasteiger partial charge in [-0.1, -0.05) is 23.7 Å². The molecule has 0 N–H and O–H groups in total. The third kappa shape index (κ3) is 2.79. The molecule has 0 bridgehead atoms. The van der Waals surface area contributed by atoms with Crippen LogP contribution in [0.1, 0.15) is 5.69 Å². The Hall–Kier alpha value is -2.25. The summed E-state index contributed by atoms with van der Waals surface area (Å²) < 4.78 is 0. The number of hydrogen-bond donors (Lipinski definition) is 0. The molecule has 0 spiro atoms. The normalized spacial score (nSPS) is 14.9. The average Bonchev–Trinajstić information content (AvgIpc) is 2.55. The van der Waals surface area contributed by atoms with Gasteiger partial charge in [-0.2, -0.15) is 5.26 Å². The third-order valence-electron chi connectivity index (χ3n) is 3.71. The van der Waals surface area contributed by atoms with Gasteiger partial charge in [0.1, 0.15) is 6.07 Å². The van der Waals surface area contributed by atoms with Crippen molar-refractivity contribution in [2.75, 3.05) is 36.0 Å². The van der Waals surface area contributed by atoms with E-state index in [-0.39, 0.29) is 0 Å². The molecule has 1 aromatic carbocycles. The number of piperazine rings is 1. The Morgan fingerprint density at radius 2 is 1.57 bits per heavy atom. The molecule has 0 unspecified atom stereocenters. The summed E-state index contributed by atoms with van der Waals surface area (Å²) in [5, 5.41) is 9.93. The monoisotopic (exact) mass is 298 g/mol. The fraction of sp³-hybridized carbons (Fsp3) is 0.250. The number of nitriles is 1. The Morgan fingerprint density at radius 3 is 2.24 bits per heavy atom. The minimum atomic E-state index is 0.490. The molecule has 0 aliphatic carbocycles. The number of halogens is 1. The molecule has 1 aliphatic heterocycles. The highest BCUT2D eigenvalue weighted by molar-refractivity contribution is 6.33. The zero-order valence-electron chi connectivity index (χ0n) is 11.5. The van der Waals surface area contributed by atoms with E-state index in [4.69, 9.17) is 16.9 Å². The second-order valence-corrected chi connectivity index (χ2v) is 5.32. The molecule has 2 aromatic rings. The summed E-state index contributed by atoms with van der Waals surface area (Å²) in [6.07, 6.45) is 1.65. The van der Waals surface area contributed by atoms with Crippen LogP contribution >= 0.6 is 11.6 Å². The van der Waals surface area contributed by atoms with E-state index in [1.54, 1.807) is 6.20 Å². The molecular weight excluding hydrogens is 284 g/mol. The van der Waals surface area contributed by atoms with E-state index in [2.05, 4.69) is 20.9 Å². The predicted octanol–water partition coefficient (Wildman–Crippen LogP) is 2.93. The van der Waals surface area contributed by atoms with Crippen LogP contribution in [0.2, 0.25) is 5.02 Å². The Labute approximate surface area is 129 Å². The van der Waals surface area contributed by atoms with Gasteiger partial charge in [0.15, 0.2) is 5.69 Å². The molecular formula is C16H15ClN4. The molecule has 21 heavy (non-hydrogen) atoms. The first-order valence-corrected chi connectivity index (χ1v) is 7.27. The predicted molar refractivity (Wildman–Crippen MR) is 84.8 cm³/mol. The molecule has 0 amide bonds. The van der Waals surface area contributed by atoms with Gasteiger partial charge >= 0.3 is 0 Å². The van der Waals surface area contributed by atoms with Crippen LogP contribution in [0.3, 0.4) is 0 Å². The quantitative estimate of drug-likeness (QED) is 0.855. The zero-order chi connectivity index (χ0) is 14.7. The minimum absolute atomic E-state index is 0.490. The van der Waals surface area contributed by atoms with Crippen LogP contribution in [0, 0.1) is 11.3 Å². The van der Waals surface area contributed by atoms with Gasteiger partial charge < -0.3 is 9.80 Å². The van der Waals surface area contributed by atoms with Crippen molar-refractivity contribution in [3.8, 4) is 6.07 Å². The molecule has 5 heteroatoms. The van der Waals surface area contributed by atoms with Crippen molar-refractivity contribution in [1.29, 1.82) is 5.26 Å². The van der Waals surface area contributed by atoms with Crippen molar-refractivity contribution in [3.63, 3.8) is 0 Å². The number of pyridine rings is 1. The zero-order valence-corrected chi connectivity index (χ0v) is 12.3. The first-order valence-electron chi connectivity index (χ1n) is 6.89. The molecule has 4 nitrogen and oxygen atoms in total. The van der Waals surface area contributed by atoms with E-state index >= 15 is 0 Å². The van der Waals surface area contributed by atoms with Gasteiger partial charge in [-0.05, 0) is 24.3 Å². The van der Waals surface area contributed by atoms with Gasteiger partial charge in [0.05, 0.1) is 16.4 Å². The van der Waals surface area contributed by atoms with Gasteiger partial charge in [-0.25, -0.2) is 4.98 Å². The van der Waals surface area contributed by atoms with Crippen LogP contribution < -0.4 is 9.80 Å². The van der Waals surface area contributed by atoms with Crippen molar-refractivity contribution in [3.05, 3.63) is 53.3 Å². The van der Waals surface area contributed by atoms with Gasteiger partial charge in [-0.3, -0.25) is 0 Å². The molecule has 0 saturated carbocycles. The van der Waals surface area contributed by atoms with Gasteiger partial charge in [-0.15, -0.1) is 0 Å². The maximum absolute atomic E-state index is 9.15. The summed E-state index contributed by atoms with van der Waals surface area (Å²) in [4.78, 5) is 8.61. The largest absolute Gasteiger partial charge is 0.367 e. The molecule has 0 atom stereocenters. The highest BCUT2D eigenvalue weighted by Gasteiger charge is 2.20.